The summed E-state index contributed by atoms with van der Waals surface area (Å²) in [6.07, 6.45) is 10.7. The molecule has 1 aromatic carbocycles. The summed E-state index contributed by atoms with van der Waals surface area (Å²) >= 11 is 0. The van der Waals surface area contributed by atoms with Crippen molar-refractivity contribution in [3.63, 3.8) is 0 Å². The minimum atomic E-state index is 0.0406. The van der Waals surface area contributed by atoms with Crippen molar-refractivity contribution in [2.24, 2.45) is 0 Å². The molecular formula is C23H20N8. The van der Waals surface area contributed by atoms with E-state index in [0.29, 0.717) is 5.95 Å². The molecule has 0 N–H and O–H groups in total. The molecule has 1 aliphatic carbocycles. The highest BCUT2D eigenvalue weighted by molar-refractivity contribution is 5.69. The summed E-state index contributed by atoms with van der Waals surface area (Å²) in [6, 6.07) is 12.2. The van der Waals surface area contributed by atoms with Gasteiger partial charge in [-0.25, -0.2) is 4.98 Å². The molecule has 152 valence electrons. The molecular weight excluding hydrogens is 388 g/mol. The molecule has 6 rings (SSSR count). The van der Waals surface area contributed by atoms with Crippen molar-refractivity contribution >= 4 is 5.82 Å². The van der Waals surface area contributed by atoms with Gasteiger partial charge in [-0.2, -0.15) is 14.8 Å². The van der Waals surface area contributed by atoms with Crippen molar-refractivity contribution in [1.82, 2.24) is 34.5 Å². The summed E-state index contributed by atoms with van der Waals surface area (Å²) in [5.74, 6) is 3.10. The van der Waals surface area contributed by atoms with Crippen LogP contribution in [-0.2, 0) is 0 Å². The van der Waals surface area contributed by atoms with Crippen molar-refractivity contribution in [2.75, 3.05) is 4.90 Å². The molecule has 2 aliphatic rings. The van der Waals surface area contributed by atoms with Crippen LogP contribution in [0.4, 0.5) is 5.82 Å². The number of rotatable bonds is 4. The maximum absolute atomic E-state index is 5.01. The third kappa shape index (κ3) is 2.58. The number of anilines is 1. The molecule has 0 radical (unpaired) electrons. The number of allylic oxidation sites excluding steroid dienone is 3. The van der Waals surface area contributed by atoms with Crippen LogP contribution in [0.2, 0.25) is 0 Å². The van der Waals surface area contributed by atoms with E-state index in [-0.39, 0.29) is 6.04 Å². The Labute approximate surface area is 179 Å². The zero-order chi connectivity index (χ0) is 20.9. The highest BCUT2D eigenvalue weighted by Gasteiger charge is 2.37. The predicted octanol–water partition coefficient (Wildman–Crippen LogP) is 3.94. The number of fused-ring (bicyclic) bond motifs is 3. The molecule has 8 heteroatoms. The fourth-order valence-corrected chi connectivity index (χ4v) is 4.25. The molecule has 1 aliphatic heterocycles. The fourth-order valence-electron chi connectivity index (χ4n) is 4.25. The van der Waals surface area contributed by atoms with Gasteiger partial charge >= 0.3 is 0 Å². The third-order valence-corrected chi connectivity index (χ3v) is 5.77. The van der Waals surface area contributed by atoms with E-state index in [1.54, 1.807) is 10.9 Å². The standard InChI is InChI=1S/C23H20N8/c1-3-18-22-28-27-15(2)29(22)20-14-24-23(26-21(20)30(18)17-10-7-11-17)31-19(12-13-25-31)16-8-5-4-6-9-16/h4-14,18H,3H2,1-2H3. The monoisotopic (exact) mass is 408 g/mol. The summed E-state index contributed by atoms with van der Waals surface area (Å²) in [4.78, 5) is 11.9. The van der Waals surface area contributed by atoms with Crippen LogP contribution in [0.3, 0.4) is 0 Å². The summed E-state index contributed by atoms with van der Waals surface area (Å²) in [5.41, 5.74) is 3.99. The van der Waals surface area contributed by atoms with Gasteiger partial charge in [0.2, 0.25) is 0 Å². The summed E-state index contributed by atoms with van der Waals surface area (Å²) in [5, 5.41) is 13.3. The lowest BCUT2D eigenvalue weighted by Gasteiger charge is -2.38. The molecule has 4 heterocycles. The number of nitrogens with zero attached hydrogens (tertiary/aromatic N) is 8. The minimum Gasteiger partial charge on any atom is -0.314 e. The topological polar surface area (TPSA) is 77.5 Å². The Morgan fingerprint density at radius 1 is 1.06 bits per heavy atom. The van der Waals surface area contributed by atoms with Gasteiger partial charge in [0.05, 0.1) is 24.1 Å². The number of hydrogen-bond acceptors (Lipinski definition) is 6. The maximum Gasteiger partial charge on any atom is 0.253 e. The Balaban J connectivity index is 1.55. The van der Waals surface area contributed by atoms with Gasteiger partial charge in [-0.15, -0.1) is 10.2 Å². The molecule has 0 fully saturated rings. The van der Waals surface area contributed by atoms with Crippen LogP contribution in [0.5, 0.6) is 0 Å². The second-order valence-electron chi connectivity index (χ2n) is 7.56. The first-order chi connectivity index (χ1) is 15.3. The second kappa shape index (κ2) is 6.73. The average Bonchev–Trinajstić information content (AvgIpc) is 3.40. The van der Waals surface area contributed by atoms with Gasteiger partial charge in [-0.1, -0.05) is 43.3 Å². The first kappa shape index (κ1) is 17.8. The minimum absolute atomic E-state index is 0.0406. The van der Waals surface area contributed by atoms with Gasteiger partial charge < -0.3 is 4.90 Å². The third-order valence-electron chi connectivity index (χ3n) is 5.77. The van der Waals surface area contributed by atoms with Crippen LogP contribution in [-0.4, -0.2) is 34.5 Å². The van der Waals surface area contributed by atoms with Gasteiger partial charge in [-0.3, -0.25) is 4.57 Å². The normalized spacial score (nSPS) is 16.5. The van der Waals surface area contributed by atoms with Crippen LogP contribution in [0, 0.1) is 6.92 Å². The predicted molar refractivity (Wildman–Crippen MR) is 117 cm³/mol. The highest BCUT2D eigenvalue weighted by Crippen LogP contribution is 2.42. The van der Waals surface area contributed by atoms with Gasteiger partial charge in [0, 0.05) is 11.3 Å². The Hall–Kier alpha value is -4.07. The lowest BCUT2D eigenvalue weighted by atomic mass is 10.0. The molecule has 31 heavy (non-hydrogen) atoms. The fraction of sp³-hybridized carbons (Fsp3) is 0.174. The smallest absolute Gasteiger partial charge is 0.253 e. The molecule has 0 bridgehead atoms. The van der Waals surface area contributed by atoms with Crippen LogP contribution in [0.1, 0.15) is 31.0 Å². The Morgan fingerprint density at radius 2 is 1.90 bits per heavy atom. The summed E-state index contributed by atoms with van der Waals surface area (Å²) in [6.45, 7) is 4.11. The summed E-state index contributed by atoms with van der Waals surface area (Å²) < 4.78 is 3.85. The number of aromatic nitrogens is 7. The van der Waals surface area contributed by atoms with Crippen LogP contribution >= 0.6 is 0 Å². The molecule has 0 saturated heterocycles. The van der Waals surface area contributed by atoms with E-state index < -0.39 is 0 Å². The number of aryl methyl sites for hydroxylation is 1. The van der Waals surface area contributed by atoms with Gasteiger partial charge in [-0.05, 0) is 31.6 Å². The second-order valence-corrected chi connectivity index (χ2v) is 7.56. The van der Waals surface area contributed by atoms with E-state index >= 15 is 0 Å². The SMILES string of the molecule is CCC1c2nnc(C)n2-c2cnc(-n3nccc3-c3ccccc3)nc2N1C1=CC=C1. The van der Waals surface area contributed by atoms with Crippen LogP contribution in [0.25, 0.3) is 22.9 Å². The van der Waals surface area contributed by atoms with E-state index in [1.807, 2.05) is 43.5 Å². The van der Waals surface area contributed by atoms with E-state index in [2.05, 4.69) is 61.0 Å². The molecule has 0 spiro atoms. The summed E-state index contributed by atoms with van der Waals surface area (Å²) in [7, 11) is 0. The zero-order valence-corrected chi connectivity index (χ0v) is 17.2. The molecule has 1 unspecified atom stereocenters. The number of benzene rings is 1. The van der Waals surface area contributed by atoms with E-state index in [9.17, 15) is 0 Å². The van der Waals surface area contributed by atoms with Crippen molar-refractivity contribution < 1.29 is 0 Å². The Bertz CT molecular complexity index is 1350. The van der Waals surface area contributed by atoms with Gasteiger partial charge in [0.25, 0.3) is 5.95 Å². The average molecular weight is 408 g/mol. The zero-order valence-electron chi connectivity index (χ0n) is 17.2. The first-order valence-electron chi connectivity index (χ1n) is 10.3. The van der Waals surface area contributed by atoms with Crippen molar-refractivity contribution in [3.05, 3.63) is 84.4 Å². The molecule has 0 saturated carbocycles. The lowest BCUT2D eigenvalue weighted by Crippen LogP contribution is -2.36. The Morgan fingerprint density at radius 3 is 2.65 bits per heavy atom. The molecule has 8 nitrogen and oxygen atoms in total. The van der Waals surface area contributed by atoms with Crippen LogP contribution < -0.4 is 4.90 Å². The Kier molecular flexibility index (Phi) is 3.86. The molecule has 0 amide bonds. The van der Waals surface area contributed by atoms with Crippen molar-refractivity contribution in [1.29, 1.82) is 0 Å². The quantitative estimate of drug-likeness (QED) is 0.509. The highest BCUT2D eigenvalue weighted by atomic mass is 15.4. The van der Waals surface area contributed by atoms with E-state index in [0.717, 1.165) is 46.5 Å². The lowest BCUT2D eigenvalue weighted by molar-refractivity contribution is 0.572. The molecule has 4 aromatic rings. The van der Waals surface area contributed by atoms with Crippen molar-refractivity contribution in [2.45, 2.75) is 26.3 Å². The maximum atomic E-state index is 5.01. The van der Waals surface area contributed by atoms with Gasteiger partial charge in [0.15, 0.2) is 11.6 Å². The van der Waals surface area contributed by atoms with Gasteiger partial charge in [0.1, 0.15) is 11.5 Å². The molecule has 3 aromatic heterocycles. The van der Waals surface area contributed by atoms with Crippen molar-refractivity contribution in [3.8, 4) is 22.9 Å². The molecule has 1 atom stereocenters. The number of hydrogen-bond donors (Lipinski definition) is 0. The van der Waals surface area contributed by atoms with E-state index in [4.69, 9.17) is 4.98 Å². The van der Waals surface area contributed by atoms with Crippen LogP contribution in [0.15, 0.2) is 72.7 Å². The van der Waals surface area contributed by atoms with E-state index in [1.165, 1.54) is 0 Å². The first-order valence-corrected chi connectivity index (χ1v) is 10.3. The largest absolute Gasteiger partial charge is 0.314 e.